The zero-order chi connectivity index (χ0) is 12.1. The van der Waals surface area contributed by atoms with Gasteiger partial charge in [0, 0.05) is 6.61 Å². The highest BCUT2D eigenvalue weighted by molar-refractivity contribution is 5.31. The van der Waals surface area contributed by atoms with Crippen LogP contribution in [0.2, 0.25) is 0 Å². The van der Waals surface area contributed by atoms with Crippen molar-refractivity contribution in [3.8, 4) is 6.07 Å². The van der Waals surface area contributed by atoms with Crippen LogP contribution in [0.5, 0.6) is 0 Å². The molecule has 1 aliphatic carbocycles. The normalized spacial score (nSPS) is 20.4. The summed E-state index contributed by atoms with van der Waals surface area (Å²) < 4.78 is 5.85. The van der Waals surface area contributed by atoms with Gasteiger partial charge in [-0.2, -0.15) is 5.26 Å². The fourth-order valence-electron chi connectivity index (χ4n) is 2.28. The summed E-state index contributed by atoms with van der Waals surface area (Å²) in [4.78, 5) is 0. The number of aryl methyl sites for hydroxylation is 1. The monoisotopic (exact) mass is 230 g/mol. The van der Waals surface area contributed by atoms with E-state index in [1.54, 1.807) is 0 Å². The number of hydrogen-bond acceptors (Lipinski definition) is 3. The van der Waals surface area contributed by atoms with E-state index in [9.17, 15) is 0 Å². The van der Waals surface area contributed by atoms with Crippen LogP contribution in [0.4, 0.5) is 0 Å². The number of hydrogen-bond donors (Lipinski definition) is 1. The molecule has 2 rings (SSSR count). The van der Waals surface area contributed by atoms with Crippen molar-refractivity contribution in [2.24, 2.45) is 5.73 Å². The quantitative estimate of drug-likeness (QED) is 0.863. The van der Waals surface area contributed by atoms with Crippen molar-refractivity contribution < 1.29 is 4.74 Å². The van der Waals surface area contributed by atoms with Gasteiger partial charge in [0.1, 0.15) is 0 Å². The molecule has 0 heterocycles. The SMILES string of the molecule is N#CC(N)CCOC1CCCc2ccccc21. The number of benzene rings is 1. The lowest BCUT2D eigenvalue weighted by Gasteiger charge is -2.25. The Bertz CT molecular complexity index is 411. The van der Waals surface area contributed by atoms with Crippen LogP contribution in [0.25, 0.3) is 0 Å². The summed E-state index contributed by atoms with van der Waals surface area (Å²) in [6, 6.07) is 10.1. The van der Waals surface area contributed by atoms with E-state index in [1.165, 1.54) is 17.5 Å². The molecule has 0 fully saturated rings. The molecular formula is C14H18N2O. The maximum absolute atomic E-state index is 8.60. The number of nitrogens with two attached hydrogens (primary N) is 1. The first-order valence-electron chi connectivity index (χ1n) is 6.16. The Kier molecular flexibility index (Phi) is 4.13. The Morgan fingerprint density at radius 3 is 3.12 bits per heavy atom. The number of nitrogens with zero attached hydrogens (tertiary/aromatic N) is 1. The van der Waals surface area contributed by atoms with Gasteiger partial charge in [-0.25, -0.2) is 0 Å². The largest absolute Gasteiger partial charge is 0.373 e. The third-order valence-electron chi connectivity index (χ3n) is 3.23. The van der Waals surface area contributed by atoms with Crippen LogP contribution in [-0.4, -0.2) is 12.6 Å². The van der Waals surface area contributed by atoms with Gasteiger partial charge in [-0.05, 0) is 36.8 Å². The summed E-state index contributed by atoms with van der Waals surface area (Å²) in [5, 5.41) is 8.60. The Morgan fingerprint density at radius 2 is 2.29 bits per heavy atom. The van der Waals surface area contributed by atoms with Crippen molar-refractivity contribution >= 4 is 0 Å². The van der Waals surface area contributed by atoms with Gasteiger partial charge in [0.05, 0.1) is 18.2 Å². The Hall–Kier alpha value is -1.37. The van der Waals surface area contributed by atoms with Crippen LogP contribution in [-0.2, 0) is 11.2 Å². The van der Waals surface area contributed by atoms with Gasteiger partial charge in [0.2, 0.25) is 0 Å². The second-order valence-electron chi connectivity index (χ2n) is 4.47. The molecule has 2 N–H and O–H groups in total. The van der Waals surface area contributed by atoms with Gasteiger partial charge in [-0.3, -0.25) is 0 Å². The molecule has 0 saturated carbocycles. The van der Waals surface area contributed by atoms with Crippen molar-refractivity contribution in [2.75, 3.05) is 6.61 Å². The summed E-state index contributed by atoms with van der Waals surface area (Å²) in [6.45, 7) is 0.563. The highest BCUT2D eigenvalue weighted by atomic mass is 16.5. The fourth-order valence-corrected chi connectivity index (χ4v) is 2.28. The summed E-state index contributed by atoms with van der Waals surface area (Å²) in [5.41, 5.74) is 8.25. The third kappa shape index (κ3) is 3.06. The zero-order valence-corrected chi connectivity index (χ0v) is 9.93. The van der Waals surface area contributed by atoms with E-state index in [1.807, 2.05) is 6.07 Å². The van der Waals surface area contributed by atoms with E-state index in [0.29, 0.717) is 13.0 Å². The smallest absolute Gasteiger partial charge is 0.0950 e. The Balaban J connectivity index is 1.93. The standard InChI is InChI=1S/C14H18N2O/c15-10-12(16)8-9-17-14-7-3-5-11-4-1-2-6-13(11)14/h1-2,4,6,12,14H,3,5,7-9,16H2. The van der Waals surface area contributed by atoms with Gasteiger partial charge in [0.15, 0.2) is 0 Å². The summed E-state index contributed by atoms with van der Waals surface area (Å²) in [7, 11) is 0. The first-order valence-corrected chi connectivity index (χ1v) is 6.16. The molecule has 0 amide bonds. The minimum atomic E-state index is -0.408. The highest BCUT2D eigenvalue weighted by Gasteiger charge is 2.20. The van der Waals surface area contributed by atoms with E-state index < -0.39 is 6.04 Å². The molecular weight excluding hydrogens is 212 g/mol. The molecule has 0 aromatic heterocycles. The van der Waals surface area contributed by atoms with Gasteiger partial charge in [0.25, 0.3) is 0 Å². The summed E-state index contributed by atoms with van der Waals surface area (Å²) >= 11 is 0. The molecule has 2 unspecified atom stereocenters. The molecule has 3 nitrogen and oxygen atoms in total. The number of rotatable bonds is 4. The van der Waals surface area contributed by atoms with E-state index in [2.05, 4.69) is 24.3 Å². The lowest BCUT2D eigenvalue weighted by Crippen LogP contribution is -2.21. The average Bonchev–Trinajstić information content (AvgIpc) is 2.39. The molecule has 0 spiro atoms. The van der Waals surface area contributed by atoms with Crippen LogP contribution < -0.4 is 5.73 Å². The zero-order valence-electron chi connectivity index (χ0n) is 9.93. The van der Waals surface area contributed by atoms with E-state index in [0.717, 1.165) is 12.8 Å². The van der Waals surface area contributed by atoms with Crippen LogP contribution in [0.3, 0.4) is 0 Å². The molecule has 0 saturated heterocycles. The molecule has 2 atom stereocenters. The molecule has 17 heavy (non-hydrogen) atoms. The first-order chi connectivity index (χ1) is 8.31. The third-order valence-corrected chi connectivity index (χ3v) is 3.23. The fraction of sp³-hybridized carbons (Fsp3) is 0.500. The second-order valence-corrected chi connectivity index (χ2v) is 4.47. The maximum atomic E-state index is 8.60. The lowest BCUT2D eigenvalue weighted by molar-refractivity contribution is 0.0383. The van der Waals surface area contributed by atoms with Gasteiger partial charge in [-0.15, -0.1) is 0 Å². The molecule has 90 valence electrons. The van der Waals surface area contributed by atoms with Crippen LogP contribution in [0.15, 0.2) is 24.3 Å². The van der Waals surface area contributed by atoms with E-state index in [-0.39, 0.29) is 6.10 Å². The highest BCUT2D eigenvalue weighted by Crippen LogP contribution is 2.32. The number of fused-ring (bicyclic) bond motifs is 1. The lowest BCUT2D eigenvalue weighted by atomic mass is 9.89. The van der Waals surface area contributed by atoms with Gasteiger partial charge < -0.3 is 10.5 Å². The molecule has 1 aromatic rings. The topological polar surface area (TPSA) is 59.0 Å². The van der Waals surface area contributed by atoms with E-state index >= 15 is 0 Å². The average molecular weight is 230 g/mol. The van der Waals surface area contributed by atoms with Crippen molar-refractivity contribution in [2.45, 2.75) is 37.8 Å². The first kappa shape index (κ1) is 12.1. The molecule has 1 aliphatic rings. The summed E-state index contributed by atoms with van der Waals surface area (Å²) in [5.74, 6) is 0. The van der Waals surface area contributed by atoms with Crippen LogP contribution in [0.1, 0.15) is 36.5 Å². The predicted octanol–water partition coefficient (Wildman–Crippen LogP) is 2.32. The van der Waals surface area contributed by atoms with Crippen LogP contribution in [0, 0.1) is 11.3 Å². The van der Waals surface area contributed by atoms with Crippen molar-refractivity contribution in [3.05, 3.63) is 35.4 Å². The Morgan fingerprint density at radius 1 is 1.47 bits per heavy atom. The van der Waals surface area contributed by atoms with Crippen LogP contribution >= 0.6 is 0 Å². The molecule has 1 aromatic carbocycles. The molecule has 3 heteroatoms. The predicted molar refractivity (Wildman–Crippen MR) is 66.3 cm³/mol. The Labute approximate surface area is 102 Å². The number of ether oxygens (including phenoxy) is 1. The minimum Gasteiger partial charge on any atom is -0.373 e. The second kappa shape index (κ2) is 5.81. The molecule has 0 radical (unpaired) electrons. The van der Waals surface area contributed by atoms with Gasteiger partial charge >= 0.3 is 0 Å². The van der Waals surface area contributed by atoms with Crippen molar-refractivity contribution in [1.82, 2.24) is 0 Å². The van der Waals surface area contributed by atoms with E-state index in [4.69, 9.17) is 15.7 Å². The maximum Gasteiger partial charge on any atom is 0.0950 e. The van der Waals surface area contributed by atoms with Gasteiger partial charge in [-0.1, -0.05) is 24.3 Å². The molecule has 0 bridgehead atoms. The molecule has 0 aliphatic heterocycles. The summed E-state index contributed by atoms with van der Waals surface area (Å²) in [6.07, 6.45) is 4.18. The van der Waals surface area contributed by atoms with Crippen molar-refractivity contribution in [3.63, 3.8) is 0 Å². The minimum absolute atomic E-state index is 0.186. The van der Waals surface area contributed by atoms with Crippen molar-refractivity contribution in [1.29, 1.82) is 5.26 Å². The number of nitriles is 1.